The van der Waals surface area contributed by atoms with Crippen LogP contribution in [0, 0.1) is 5.41 Å². The Bertz CT molecular complexity index is 1030. The summed E-state index contributed by atoms with van der Waals surface area (Å²) in [6, 6.07) is 5.62. The van der Waals surface area contributed by atoms with Crippen LogP contribution in [0.1, 0.15) is 83.6 Å². The lowest BCUT2D eigenvalue weighted by atomic mass is 9.68. The van der Waals surface area contributed by atoms with E-state index in [1.54, 1.807) is 14.2 Å². The molecule has 1 aliphatic heterocycles. The van der Waals surface area contributed by atoms with E-state index in [0.717, 1.165) is 49.1 Å². The Hall–Kier alpha value is -2.76. The Morgan fingerprint density at radius 3 is 2.32 bits per heavy atom. The second-order valence-electron chi connectivity index (χ2n) is 10.6. The summed E-state index contributed by atoms with van der Waals surface area (Å²) in [5.74, 6) is 0.414. The van der Waals surface area contributed by atoms with E-state index in [2.05, 4.69) is 19.2 Å². The summed E-state index contributed by atoms with van der Waals surface area (Å²) in [4.78, 5) is 27.1. The zero-order valence-corrected chi connectivity index (χ0v) is 21.1. The maximum Gasteiger partial charge on any atom is 0.337 e. The van der Waals surface area contributed by atoms with Crippen LogP contribution in [0.5, 0.6) is 11.5 Å². The minimum absolute atomic E-state index is 0.0716. The molecule has 1 N–H and O–H groups in total. The molecule has 1 heterocycles. The largest absolute Gasteiger partial charge is 0.493 e. The van der Waals surface area contributed by atoms with Crippen molar-refractivity contribution in [3.8, 4) is 11.5 Å². The first-order valence-electron chi connectivity index (χ1n) is 12.4. The summed E-state index contributed by atoms with van der Waals surface area (Å²) in [6.45, 7) is 6.13. The first-order chi connectivity index (χ1) is 16.2. The predicted octanol–water partition coefficient (Wildman–Crippen LogP) is 5.57. The van der Waals surface area contributed by atoms with Crippen molar-refractivity contribution in [2.24, 2.45) is 5.41 Å². The molecule has 6 heteroatoms. The molecule has 1 aromatic carbocycles. The van der Waals surface area contributed by atoms with Gasteiger partial charge in [0.2, 0.25) is 0 Å². The summed E-state index contributed by atoms with van der Waals surface area (Å²) in [5, 5.41) is 3.42. The van der Waals surface area contributed by atoms with E-state index in [9.17, 15) is 9.59 Å². The van der Waals surface area contributed by atoms with Gasteiger partial charge in [-0.25, -0.2) is 4.79 Å². The van der Waals surface area contributed by atoms with Gasteiger partial charge in [0.25, 0.3) is 0 Å². The normalized spacial score (nSPS) is 23.1. The summed E-state index contributed by atoms with van der Waals surface area (Å²) < 4.78 is 17.0. The van der Waals surface area contributed by atoms with Crippen molar-refractivity contribution in [1.29, 1.82) is 0 Å². The van der Waals surface area contributed by atoms with Crippen LogP contribution in [0.4, 0.5) is 0 Å². The second kappa shape index (κ2) is 9.85. The van der Waals surface area contributed by atoms with E-state index >= 15 is 0 Å². The zero-order chi connectivity index (χ0) is 24.5. The van der Waals surface area contributed by atoms with Crippen LogP contribution in [-0.4, -0.2) is 32.1 Å². The SMILES string of the molecule is COc1ccc(C2C(C(=O)OC3CCCCCC3)=C(C)NC3=C2C(=O)CC(C)(C)C3)cc1OC. The van der Waals surface area contributed by atoms with E-state index in [-0.39, 0.29) is 23.3 Å². The highest BCUT2D eigenvalue weighted by Gasteiger charge is 2.43. The number of carbonyl (C=O) groups excluding carboxylic acids is 2. The van der Waals surface area contributed by atoms with Crippen LogP contribution in [0.25, 0.3) is 0 Å². The number of esters is 1. The highest BCUT2D eigenvalue weighted by Crippen LogP contribution is 2.48. The molecule has 6 nitrogen and oxygen atoms in total. The third-order valence-corrected chi connectivity index (χ3v) is 7.28. The van der Waals surface area contributed by atoms with E-state index in [1.807, 2.05) is 25.1 Å². The Balaban J connectivity index is 1.78. The van der Waals surface area contributed by atoms with Crippen molar-refractivity contribution in [3.05, 3.63) is 46.3 Å². The van der Waals surface area contributed by atoms with Crippen LogP contribution in [0.15, 0.2) is 40.7 Å². The quantitative estimate of drug-likeness (QED) is 0.451. The lowest BCUT2D eigenvalue weighted by Crippen LogP contribution is -2.39. The second-order valence-corrected chi connectivity index (χ2v) is 10.6. The molecule has 1 saturated carbocycles. The molecule has 0 saturated heterocycles. The number of hydrogen-bond donors (Lipinski definition) is 1. The first-order valence-corrected chi connectivity index (χ1v) is 12.4. The van der Waals surface area contributed by atoms with Gasteiger partial charge in [-0.3, -0.25) is 4.79 Å². The van der Waals surface area contributed by atoms with Crippen LogP contribution in [-0.2, 0) is 14.3 Å². The molecular weight excluding hydrogens is 430 g/mol. The molecule has 4 rings (SSSR count). The highest BCUT2D eigenvalue weighted by atomic mass is 16.5. The lowest BCUT2D eigenvalue weighted by molar-refractivity contribution is -0.145. The van der Waals surface area contributed by atoms with Gasteiger partial charge >= 0.3 is 5.97 Å². The number of allylic oxidation sites excluding steroid dienone is 3. The lowest BCUT2D eigenvalue weighted by Gasteiger charge is -2.39. The maximum absolute atomic E-state index is 13.6. The fraction of sp³-hybridized carbons (Fsp3) is 0.571. The van der Waals surface area contributed by atoms with Crippen LogP contribution in [0.2, 0.25) is 0 Å². The highest BCUT2D eigenvalue weighted by molar-refractivity contribution is 6.04. The summed E-state index contributed by atoms with van der Waals surface area (Å²) in [5.41, 5.74) is 3.54. The van der Waals surface area contributed by atoms with Crippen LogP contribution < -0.4 is 14.8 Å². The van der Waals surface area contributed by atoms with E-state index in [0.29, 0.717) is 29.1 Å². The number of dihydropyridines is 1. The van der Waals surface area contributed by atoms with Gasteiger partial charge in [0, 0.05) is 29.3 Å². The monoisotopic (exact) mass is 467 g/mol. The molecule has 0 bridgehead atoms. The fourth-order valence-corrected chi connectivity index (χ4v) is 5.65. The molecule has 1 unspecified atom stereocenters. The smallest absolute Gasteiger partial charge is 0.337 e. The van der Waals surface area contributed by atoms with Crippen molar-refractivity contribution < 1.29 is 23.8 Å². The van der Waals surface area contributed by atoms with Crippen molar-refractivity contribution >= 4 is 11.8 Å². The number of carbonyl (C=O) groups is 2. The van der Waals surface area contributed by atoms with Gasteiger partial charge in [0.1, 0.15) is 6.10 Å². The van der Waals surface area contributed by atoms with E-state index < -0.39 is 5.92 Å². The summed E-state index contributed by atoms with van der Waals surface area (Å²) in [6.07, 6.45) is 7.45. The van der Waals surface area contributed by atoms with Crippen LogP contribution in [0.3, 0.4) is 0 Å². The number of rotatable bonds is 5. The van der Waals surface area contributed by atoms with Crippen LogP contribution >= 0.6 is 0 Å². The minimum atomic E-state index is -0.502. The molecule has 0 aromatic heterocycles. The molecule has 3 aliphatic rings. The van der Waals surface area contributed by atoms with Gasteiger partial charge in [-0.15, -0.1) is 0 Å². The molecule has 1 atom stereocenters. The molecule has 0 spiro atoms. The van der Waals surface area contributed by atoms with Gasteiger partial charge in [-0.2, -0.15) is 0 Å². The standard InChI is InChI=1S/C28H37NO5/c1-17-24(27(31)34-19-10-8-6-7-9-11-19)25(18-12-13-22(32-4)23(14-18)33-5)26-20(29-17)15-28(2,3)16-21(26)30/h12-14,19,25,29H,6-11,15-16H2,1-5H3. The molecule has 2 aliphatic carbocycles. The number of hydrogen-bond acceptors (Lipinski definition) is 6. The van der Waals surface area contributed by atoms with Crippen molar-refractivity contribution in [1.82, 2.24) is 5.32 Å². The third kappa shape index (κ3) is 4.86. The average Bonchev–Trinajstić information content (AvgIpc) is 3.05. The summed E-state index contributed by atoms with van der Waals surface area (Å²) in [7, 11) is 3.18. The molecule has 1 fully saturated rings. The van der Waals surface area contributed by atoms with E-state index in [1.165, 1.54) is 12.8 Å². The molecule has 184 valence electrons. The van der Waals surface area contributed by atoms with Gasteiger partial charge < -0.3 is 19.5 Å². The Morgan fingerprint density at radius 2 is 1.68 bits per heavy atom. The number of ketones is 1. The number of benzene rings is 1. The topological polar surface area (TPSA) is 73.9 Å². The predicted molar refractivity (Wildman–Crippen MR) is 131 cm³/mol. The molecule has 0 amide bonds. The molecular formula is C28H37NO5. The first kappa shape index (κ1) is 24.4. The van der Waals surface area contributed by atoms with Gasteiger partial charge in [-0.1, -0.05) is 32.8 Å². The molecule has 0 radical (unpaired) electrons. The zero-order valence-electron chi connectivity index (χ0n) is 21.1. The molecule has 1 aromatic rings. The fourth-order valence-electron chi connectivity index (χ4n) is 5.65. The Morgan fingerprint density at radius 1 is 1.00 bits per heavy atom. The summed E-state index contributed by atoms with van der Waals surface area (Å²) >= 11 is 0. The van der Waals surface area contributed by atoms with Crippen molar-refractivity contribution in [2.75, 3.05) is 14.2 Å². The minimum Gasteiger partial charge on any atom is -0.493 e. The van der Waals surface area contributed by atoms with Gasteiger partial charge in [0.15, 0.2) is 17.3 Å². The average molecular weight is 468 g/mol. The third-order valence-electron chi connectivity index (χ3n) is 7.28. The Labute approximate surface area is 202 Å². The van der Waals surface area contributed by atoms with Crippen molar-refractivity contribution in [2.45, 2.75) is 84.2 Å². The van der Waals surface area contributed by atoms with Gasteiger partial charge in [0.05, 0.1) is 19.8 Å². The number of ether oxygens (including phenoxy) is 3. The maximum atomic E-state index is 13.6. The Kier molecular flexibility index (Phi) is 7.06. The van der Waals surface area contributed by atoms with Crippen molar-refractivity contribution in [3.63, 3.8) is 0 Å². The van der Waals surface area contributed by atoms with Gasteiger partial charge in [-0.05, 0) is 62.1 Å². The number of methoxy groups -OCH3 is 2. The van der Waals surface area contributed by atoms with E-state index in [4.69, 9.17) is 14.2 Å². The molecule has 34 heavy (non-hydrogen) atoms. The number of nitrogens with one attached hydrogen (secondary N) is 1. The number of Topliss-reactive ketones (excluding diaryl/α,β-unsaturated/α-hetero) is 1.